The van der Waals surface area contributed by atoms with Crippen molar-refractivity contribution < 1.29 is 12.8 Å². The van der Waals surface area contributed by atoms with Crippen LogP contribution in [0.4, 0.5) is 10.2 Å². The normalized spacial score (nSPS) is 18.4. The van der Waals surface area contributed by atoms with Gasteiger partial charge < -0.3 is 15.5 Å². The number of guanidine groups is 1. The average molecular weight is 414 g/mol. The van der Waals surface area contributed by atoms with Gasteiger partial charge in [0.1, 0.15) is 9.84 Å². The van der Waals surface area contributed by atoms with E-state index in [1.165, 1.54) is 12.3 Å². The molecule has 2 rings (SSSR count). The molecule has 0 amide bonds. The van der Waals surface area contributed by atoms with E-state index >= 15 is 0 Å². The molecular formula is C19H32FN5O2S. The zero-order valence-electron chi connectivity index (χ0n) is 17.2. The van der Waals surface area contributed by atoms with Crippen LogP contribution < -0.4 is 15.5 Å². The standard InChI is InChI=1S/C19H32FN5O2S/c1-5-21-18(23-14-19(2,3)9-12-28(4,26)27)24-15-8-11-25(13-15)17-16(20)7-6-10-22-17/h6-7,10,15H,5,8-9,11-14H2,1-4H3,(H2,21,23,24). The molecule has 1 unspecified atom stereocenters. The van der Waals surface area contributed by atoms with Gasteiger partial charge in [0.15, 0.2) is 17.6 Å². The Hall–Kier alpha value is -1.90. The summed E-state index contributed by atoms with van der Waals surface area (Å²) in [6, 6.07) is 3.15. The zero-order valence-corrected chi connectivity index (χ0v) is 18.0. The van der Waals surface area contributed by atoms with Crippen LogP contribution in [0.5, 0.6) is 0 Å². The molecule has 1 atom stereocenters. The maximum atomic E-state index is 14.0. The number of aromatic nitrogens is 1. The van der Waals surface area contributed by atoms with Crippen molar-refractivity contribution in [3.63, 3.8) is 0 Å². The van der Waals surface area contributed by atoms with Gasteiger partial charge in [0.2, 0.25) is 0 Å². The highest BCUT2D eigenvalue weighted by molar-refractivity contribution is 7.90. The number of nitrogens with zero attached hydrogens (tertiary/aromatic N) is 3. The lowest BCUT2D eigenvalue weighted by Crippen LogP contribution is -2.45. The van der Waals surface area contributed by atoms with E-state index in [0.717, 1.165) is 19.5 Å². The zero-order chi connectivity index (χ0) is 20.8. The number of pyridine rings is 1. The topological polar surface area (TPSA) is 86.7 Å². The number of hydrogen-bond acceptors (Lipinski definition) is 5. The van der Waals surface area contributed by atoms with Crippen molar-refractivity contribution in [1.82, 2.24) is 15.6 Å². The van der Waals surface area contributed by atoms with Crippen LogP contribution in [-0.4, -0.2) is 63.6 Å². The number of sulfone groups is 1. The van der Waals surface area contributed by atoms with Gasteiger partial charge in [-0.1, -0.05) is 13.8 Å². The van der Waals surface area contributed by atoms with Crippen molar-refractivity contribution in [2.75, 3.05) is 43.1 Å². The molecular weight excluding hydrogens is 381 g/mol. The van der Waals surface area contributed by atoms with Crippen LogP contribution in [0, 0.1) is 11.2 Å². The Balaban J connectivity index is 1.95. The van der Waals surface area contributed by atoms with E-state index in [4.69, 9.17) is 0 Å². The molecule has 2 N–H and O–H groups in total. The summed E-state index contributed by atoms with van der Waals surface area (Å²) < 4.78 is 36.8. The smallest absolute Gasteiger partial charge is 0.191 e. The Morgan fingerprint density at radius 2 is 2.21 bits per heavy atom. The Labute approximate surface area is 167 Å². The number of nitrogens with one attached hydrogen (secondary N) is 2. The molecule has 1 aliphatic rings. The van der Waals surface area contributed by atoms with Crippen molar-refractivity contribution >= 4 is 21.6 Å². The van der Waals surface area contributed by atoms with Crippen LogP contribution in [0.15, 0.2) is 23.3 Å². The molecule has 0 aliphatic carbocycles. The Morgan fingerprint density at radius 1 is 1.46 bits per heavy atom. The van der Waals surface area contributed by atoms with E-state index < -0.39 is 9.84 Å². The molecule has 1 aromatic heterocycles. The first-order valence-corrected chi connectivity index (χ1v) is 11.7. The van der Waals surface area contributed by atoms with Crippen molar-refractivity contribution in [3.8, 4) is 0 Å². The molecule has 1 aromatic rings. The predicted octanol–water partition coefficient (Wildman–Crippen LogP) is 1.82. The number of halogens is 1. The summed E-state index contributed by atoms with van der Waals surface area (Å²) in [5.74, 6) is 0.933. The van der Waals surface area contributed by atoms with E-state index in [0.29, 0.717) is 31.3 Å². The first-order chi connectivity index (χ1) is 13.1. The summed E-state index contributed by atoms with van der Waals surface area (Å²) in [5, 5.41) is 6.64. The molecule has 0 radical (unpaired) electrons. The Bertz CT molecular complexity index is 782. The van der Waals surface area contributed by atoms with Gasteiger partial charge in [0.05, 0.1) is 5.75 Å². The third-order valence-corrected chi connectivity index (χ3v) is 5.67. The van der Waals surface area contributed by atoms with E-state index in [1.54, 1.807) is 12.3 Å². The summed E-state index contributed by atoms with van der Waals surface area (Å²) in [4.78, 5) is 10.7. The molecule has 1 fully saturated rings. The van der Waals surface area contributed by atoms with Gasteiger partial charge in [-0.25, -0.2) is 17.8 Å². The maximum Gasteiger partial charge on any atom is 0.191 e. The fourth-order valence-electron chi connectivity index (χ4n) is 3.03. The molecule has 2 heterocycles. The molecule has 0 bridgehead atoms. The minimum Gasteiger partial charge on any atom is -0.357 e. The number of rotatable bonds is 8. The largest absolute Gasteiger partial charge is 0.357 e. The lowest BCUT2D eigenvalue weighted by molar-refractivity contribution is 0.365. The lowest BCUT2D eigenvalue weighted by atomic mass is 9.90. The van der Waals surface area contributed by atoms with Gasteiger partial charge in [-0.05, 0) is 37.3 Å². The highest BCUT2D eigenvalue weighted by atomic mass is 32.2. The van der Waals surface area contributed by atoms with Crippen LogP contribution in [0.25, 0.3) is 0 Å². The van der Waals surface area contributed by atoms with Gasteiger partial charge in [0, 0.05) is 44.7 Å². The lowest BCUT2D eigenvalue weighted by Gasteiger charge is -2.24. The van der Waals surface area contributed by atoms with E-state index in [-0.39, 0.29) is 23.0 Å². The number of hydrogen-bond donors (Lipinski definition) is 2. The highest BCUT2D eigenvalue weighted by Gasteiger charge is 2.26. The van der Waals surface area contributed by atoms with Crippen molar-refractivity contribution in [3.05, 3.63) is 24.1 Å². The summed E-state index contributed by atoms with van der Waals surface area (Å²) in [6.07, 6.45) is 4.28. The molecule has 1 saturated heterocycles. The predicted molar refractivity (Wildman–Crippen MR) is 112 cm³/mol. The molecule has 158 valence electrons. The first kappa shape index (κ1) is 22.4. The van der Waals surface area contributed by atoms with Gasteiger partial charge >= 0.3 is 0 Å². The third kappa shape index (κ3) is 7.26. The van der Waals surface area contributed by atoms with Gasteiger partial charge in [-0.15, -0.1) is 0 Å². The summed E-state index contributed by atoms with van der Waals surface area (Å²) >= 11 is 0. The van der Waals surface area contributed by atoms with Gasteiger partial charge in [0.25, 0.3) is 0 Å². The minimum atomic E-state index is -2.98. The second-order valence-corrected chi connectivity index (χ2v) is 10.4. The van der Waals surface area contributed by atoms with E-state index in [1.807, 2.05) is 25.7 Å². The SMILES string of the molecule is CCNC(=NCC(C)(C)CCS(C)(=O)=O)NC1CCN(c2ncccc2F)C1. The Kier molecular flexibility index (Phi) is 7.63. The third-order valence-electron chi connectivity index (χ3n) is 4.73. The molecule has 7 nitrogen and oxygen atoms in total. The molecule has 28 heavy (non-hydrogen) atoms. The van der Waals surface area contributed by atoms with Crippen molar-refractivity contribution in [1.29, 1.82) is 0 Å². The average Bonchev–Trinajstić information content (AvgIpc) is 3.06. The maximum absolute atomic E-state index is 14.0. The van der Waals surface area contributed by atoms with E-state index in [2.05, 4.69) is 20.6 Å². The molecule has 9 heteroatoms. The van der Waals surface area contributed by atoms with Crippen LogP contribution >= 0.6 is 0 Å². The van der Waals surface area contributed by atoms with Gasteiger partial charge in [-0.3, -0.25) is 4.99 Å². The number of aliphatic imine (C=N–C) groups is 1. The van der Waals surface area contributed by atoms with Crippen LogP contribution in [-0.2, 0) is 9.84 Å². The van der Waals surface area contributed by atoms with Crippen LogP contribution in [0.3, 0.4) is 0 Å². The Morgan fingerprint density at radius 3 is 2.86 bits per heavy atom. The monoisotopic (exact) mass is 413 g/mol. The molecule has 0 spiro atoms. The second-order valence-electron chi connectivity index (χ2n) is 8.12. The second kappa shape index (κ2) is 9.54. The van der Waals surface area contributed by atoms with Gasteiger partial charge in [-0.2, -0.15) is 0 Å². The summed E-state index contributed by atoms with van der Waals surface area (Å²) in [6.45, 7) is 8.65. The highest BCUT2D eigenvalue weighted by Crippen LogP contribution is 2.22. The number of anilines is 1. The van der Waals surface area contributed by atoms with Crippen molar-refractivity contribution in [2.24, 2.45) is 10.4 Å². The fraction of sp³-hybridized carbons (Fsp3) is 0.684. The quantitative estimate of drug-likeness (QED) is 0.499. The minimum absolute atomic E-state index is 0.137. The molecule has 0 saturated carbocycles. The first-order valence-electron chi connectivity index (χ1n) is 9.68. The van der Waals surface area contributed by atoms with Crippen molar-refractivity contribution in [2.45, 2.75) is 39.7 Å². The molecule has 0 aromatic carbocycles. The fourth-order valence-corrected chi connectivity index (χ4v) is 3.95. The van der Waals surface area contributed by atoms with Crippen LogP contribution in [0.1, 0.15) is 33.6 Å². The molecule has 1 aliphatic heterocycles. The summed E-state index contributed by atoms with van der Waals surface area (Å²) in [5.41, 5.74) is -0.218. The van der Waals surface area contributed by atoms with E-state index in [9.17, 15) is 12.8 Å². The summed E-state index contributed by atoms with van der Waals surface area (Å²) in [7, 11) is -2.98. The van der Waals surface area contributed by atoms with Crippen LogP contribution in [0.2, 0.25) is 0 Å².